The van der Waals surface area contributed by atoms with Crippen molar-refractivity contribution in [1.82, 2.24) is 0 Å². The molecule has 0 fully saturated rings. The van der Waals surface area contributed by atoms with Crippen LogP contribution >= 0.6 is 31.9 Å². The van der Waals surface area contributed by atoms with Gasteiger partial charge in [0.15, 0.2) is 0 Å². The van der Waals surface area contributed by atoms with E-state index in [4.69, 9.17) is 9.47 Å². The molecule has 0 bridgehead atoms. The Hall–Kier alpha value is -1.04. The van der Waals surface area contributed by atoms with Crippen molar-refractivity contribution >= 4 is 31.9 Å². The first-order valence-corrected chi connectivity index (χ1v) is 7.13. The Bertz CT molecular complexity index is 585. The van der Waals surface area contributed by atoms with E-state index in [1.165, 1.54) is 0 Å². The van der Waals surface area contributed by atoms with Gasteiger partial charge in [0.1, 0.15) is 17.2 Å². The predicted octanol–water partition coefficient (Wildman–Crippen LogP) is 4.50. The minimum atomic E-state index is -0.0730. The van der Waals surface area contributed by atoms with E-state index in [-0.39, 0.29) is 6.61 Å². The molecule has 3 nitrogen and oxygen atoms in total. The number of ether oxygens (including phenoxy) is 2. The van der Waals surface area contributed by atoms with Gasteiger partial charge in [-0.2, -0.15) is 0 Å². The third-order valence-electron chi connectivity index (χ3n) is 2.56. The monoisotopic (exact) mass is 386 g/mol. The summed E-state index contributed by atoms with van der Waals surface area (Å²) in [5.41, 5.74) is 0.728. The number of hydrogen-bond acceptors (Lipinski definition) is 3. The summed E-state index contributed by atoms with van der Waals surface area (Å²) in [5.74, 6) is 2.02. The molecule has 0 spiro atoms. The van der Waals surface area contributed by atoms with Crippen LogP contribution in [0.4, 0.5) is 0 Å². The van der Waals surface area contributed by atoms with Gasteiger partial charge >= 0.3 is 0 Å². The molecule has 0 heterocycles. The van der Waals surface area contributed by atoms with Gasteiger partial charge in [-0.15, -0.1) is 0 Å². The molecule has 0 aliphatic carbocycles. The second-order valence-corrected chi connectivity index (χ2v) is 5.58. The first-order chi connectivity index (χ1) is 9.13. The number of aliphatic hydroxyl groups is 1. The second-order valence-electron chi connectivity index (χ2n) is 3.81. The van der Waals surface area contributed by atoms with Gasteiger partial charge in [0, 0.05) is 10.0 Å². The SMILES string of the molecule is COc1ccc(Oc2cc(Br)ccc2CO)c(Br)c1. The number of halogens is 2. The van der Waals surface area contributed by atoms with Crippen LogP contribution in [0, 0.1) is 0 Å². The molecule has 0 aliphatic rings. The minimum absolute atomic E-state index is 0.0730. The van der Waals surface area contributed by atoms with Crippen LogP contribution in [0.3, 0.4) is 0 Å². The molecule has 0 radical (unpaired) electrons. The molecule has 2 aromatic rings. The highest BCUT2D eigenvalue weighted by Crippen LogP contribution is 2.35. The van der Waals surface area contributed by atoms with Crippen LogP contribution in [0.15, 0.2) is 45.3 Å². The number of rotatable bonds is 4. The third-order valence-corrected chi connectivity index (χ3v) is 3.67. The van der Waals surface area contributed by atoms with Crippen LogP contribution < -0.4 is 9.47 Å². The van der Waals surface area contributed by atoms with E-state index >= 15 is 0 Å². The Balaban J connectivity index is 2.33. The lowest BCUT2D eigenvalue weighted by Gasteiger charge is -2.12. The van der Waals surface area contributed by atoms with E-state index in [2.05, 4.69) is 31.9 Å². The molecule has 0 saturated heterocycles. The van der Waals surface area contributed by atoms with E-state index in [0.29, 0.717) is 11.5 Å². The summed E-state index contributed by atoms with van der Waals surface area (Å²) >= 11 is 6.82. The highest BCUT2D eigenvalue weighted by Gasteiger charge is 2.08. The maximum Gasteiger partial charge on any atom is 0.141 e. The van der Waals surface area contributed by atoms with Gasteiger partial charge in [-0.25, -0.2) is 0 Å². The molecule has 0 saturated carbocycles. The molecule has 100 valence electrons. The summed E-state index contributed by atoms with van der Waals surface area (Å²) in [6.07, 6.45) is 0. The maximum atomic E-state index is 9.31. The lowest BCUT2D eigenvalue weighted by molar-refractivity contribution is 0.276. The summed E-state index contributed by atoms with van der Waals surface area (Å²) in [6, 6.07) is 11.0. The highest BCUT2D eigenvalue weighted by molar-refractivity contribution is 9.10. The fourth-order valence-corrected chi connectivity index (χ4v) is 2.34. The van der Waals surface area contributed by atoms with Gasteiger partial charge in [-0.05, 0) is 46.3 Å². The van der Waals surface area contributed by atoms with E-state index in [9.17, 15) is 5.11 Å². The molecule has 0 atom stereocenters. The molecular formula is C14H12Br2O3. The zero-order valence-corrected chi connectivity index (χ0v) is 13.4. The first kappa shape index (κ1) is 14.4. The summed E-state index contributed by atoms with van der Waals surface area (Å²) in [7, 11) is 1.61. The van der Waals surface area contributed by atoms with Crippen molar-refractivity contribution in [2.24, 2.45) is 0 Å². The molecule has 19 heavy (non-hydrogen) atoms. The van der Waals surface area contributed by atoms with E-state index < -0.39 is 0 Å². The highest BCUT2D eigenvalue weighted by atomic mass is 79.9. The molecule has 2 rings (SSSR count). The fourth-order valence-electron chi connectivity index (χ4n) is 1.56. The Labute approximate surface area is 128 Å². The number of aliphatic hydroxyl groups excluding tert-OH is 1. The third kappa shape index (κ3) is 3.49. The van der Waals surface area contributed by atoms with Gasteiger partial charge in [0.05, 0.1) is 18.2 Å². The minimum Gasteiger partial charge on any atom is -0.497 e. The van der Waals surface area contributed by atoms with E-state index in [1.807, 2.05) is 36.4 Å². The van der Waals surface area contributed by atoms with Gasteiger partial charge in [0.25, 0.3) is 0 Å². The average Bonchev–Trinajstić information content (AvgIpc) is 2.41. The topological polar surface area (TPSA) is 38.7 Å². The lowest BCUT2D eigenvalue weighted by Crippen LogP contribution is -1.93. The number of methoxy groups -OCH3 is 1. The number of benzene rings is 2. The molecule has 0 amide bonds. The quantitative estimate of drug-likeness (QED) is 0.838. The van der Waals surface area contributed by atoms with Crippen LogP contribution in [0.2, 0.25) is 0 Å². The van der Waals surface area contributed by atoms with Crippen LogP contribution in [0.1, 0.15) is 5.56 Å². The molecular weight excluding hydrogens is 376 g/mol. The van der Waals surface area contributed by atoms with Crippen LogP contribution in [-0.2, 0) is 6.61 Å². The first-order valence-electron chi connectivity index (χ1n) is 5.54. The van der Waals surface area contributed by atoms with Crippen LogP contribution in [0.5, 0.6) is 17.2 Å². The van der Waals surface area contributed by atoms with Crippen molar-refractivity contribution in [2.75, 3.05) is 7.11 Å². The molecule has 1 N–H and O–H groups in total. The summed E-state index contributed by atoms with van der Waals surface area (Å²) in [6.45, 7) is -0.0730. The molecule has 0 aliphatic heterocycles. The Kier molecular flexibility index (Phi) is 4.85. The average molecular weight is 388 g/mol. The van der Waals surface area contributed by atoms with Crippen molar-refractivity contribution in [1.29, 1.82) is 0 Å². The number of hydrogen-bond donors (Lipinski definition) is 1. The Morgan fingerprint density at radius 3 is 2.47 bits per heavy atom. The standard InChI is InChI=1S/C14H12Br2O3/c1-18-11-4-5-13(12(16)7-11)19-14-6-10(15)3-2-9(14)8-17/h2-7,17H,8H2,1H3. The van der Waals surface area contributed by atoms with Crippen LogP contribution in [0.25, 0.3) is 0 Å². The Morgan fingerprint density at radius 2 is 1.84 bits per heavy atom. The summed E-state index contributed by atoms with van der Waals surface area (Å²) in [5, 5.41) is 9.31. The van der Waals surface area contributed by atoms with E-state index in [1.54, 1.807) is 7.11 Å². The van der Waals surface area contributed by atoms with E-state index in [0.717, 1.165) is 20.3 Å². The van der Waals surface area contributed by atoms with Gasteiger partial charge in [0.2, 0.25) is 0 Å². The zero-order chi connectivity index (χ0) is 13.8. The second kappa shape index (κ2) is 6.41. The van der Waals surface area contributed by atoms with Crippen molar-refractivity contribution in [3.8, 4) is 17.2 Å². The van der Waals surface area contributed by atoms with Crippen molar-refractivity contribution in [3.63, 3.8) is 0 Å². The summed E-state index contributed by atoms with van der Waals surface area (Å²) in [4.78, 5) is 0. The largest absolute Gasteiger partial charge is 0.497 e. The predicted molar refractivity (Wildman–Crippen MR) is 80.8 cm³/mol. The molecule has 0 unspecified atom stereocenters. The summed E-state index contributed by atoms with van der Waals surface area (Å²) < 4.78 is 12.6. The molecule has 2 aromatic carbocycles. The van der Waals surface area contributed by atoms with Gasteiger partial charge in [-0.3, -0.25) is 0 Å². The normalized spacial score (nSPS) is 10.3. The van der Waals surface area contributed by atoms with Gasteiger partial charge in [-0.1, -0.05) is 22.0 Å². The fraction of sp³-hybridized carbons (Fsp3) is 0.143. The van der Waals surface area contributed by atoms with Crippen molar-refractivity contribution in [2.45, 2.75) is 6.61 Å². The van der Waals surface area contributed by atoms with Crippen molar-refractivity contribution < 1.29 is 14.6 Å². The van der Waals surface area contributed by atoms with Crippen molar-refractivity contribution in [3.05, 3.63) is 50.9 Å². The lowest BCUT2D eigenvalue weighted by atomic mass is 10.2. The van der Waals surface area contributed by atoms with Crippen LogP contribution in [-0.4, -0.2) is 12.2 Å². The Morgan fingerprint density at radius 1 is 1.05 bits per heavy atom. The smallest absolute Gasteiger partial charge is 0.141 e. The van der Waals surface area contributed by atoms with Gasteiger partial charge < -0.3 is 14.6 Å². The molecule has 0 aromatic heterocycles. The zero-order valence-electron chi connectivity index (χ0n) is 10.2. The maximum absolute atomic E-state index is 9.31. The molecule has 5 heteroatoms.